The number of aryl methyl sites for hydroxylation is 4. The van der Waals surface area contributed by atoms with E-state index < -0.39 is 10.0 Å². The summed E-state index contributed by atoms with van der Waals surface area (Å²) >= 11 is 0. The summed E-state index contributed by atoms with van der Waals surface area (Å²) in [5.74, 6) is 0.0222. The summed E-state index contributed by atoms with van der Waals surface area (Å²) < 4.78 is 34.6. The Morgan fingerprint density at radius 1 is 1.06 bits per heavy atom. The number of carbonyl (C=O) groups excluding carboxylic acids is 1. The zero-order valence-corrected chi connectivity index (χ0v) is 23.0. The van der Waals surface area contributed by atoms with Gasteiger partial charge in [0.1, 0.15) is 5.69 Å². The zero-order chi connectivity index (χ0) is 26.0. The van der Waals surface area contributed by atoms with Crippen molar-refractivity contribution in [3.05, 3.63) is 45.8 Å². The van der Waals surface area contributed by atoms with E-state index in [0.29, 0.717) is 18.7 Å². The number of likely N-dealkylation sites (tertiary alicyclic amines) is 1. The van der Waals surface area contributed by atoms with Gasteiger partial charge >= 0.3 is 0 Å². The van der Waals surface area contributed by atoms with Gasteiger partial charge in [-0.25, -0.2) is 8.42 Å². The van der Waals surface area contributed by atoms with Gasteiger partial charge in [0, 0.05) is 25.7 Å². The van der Waals surface area contributed by atoms with Crippen molar-refractivity contribution < 1.29 is 17.7 Å². The highest BCUT2D eigenvalue weighted by atomic mass is 32.2. The van der Waals surface area contributed by atoms with Crippen LogP contribution in [0.25, 0.3) is 12.2 Å². The first-order chi connectivity index (χ1) is 17.1. The molecule has 2 aliphatic heterocycles. The molecule has 2 saturated heterocycles. The van der Waals surface area contributed by atoms with Crippen LogP contribution in [0.5, 0.6) is 0 Å². The molecular weight excluding hydrogens is 474 g/mol. The van der Waals surface area contributed by atoms with Gasteiger partial charge in [-0.2, -0.15) is 4.31 Å². The van der Waals surface area contributed by atoms with Gasteiger partial charge in [-0.1, -0.05) is 35.9 Å². The molecule has 4 rings (SSSR count). The second-order valence-corrected chi connectivity index (χ2v) is 12.3. The van der Waals surface area contributed by atoms with Crippen LogP contribution in [-0.4, -0.2) is 54.4 Å². The molecule has 196 valence electrons. The maximum atomic E-state index is 13.8. The molecule has 3 heterocycles. The lowest BCUT2D eigenvalue weighted by Gasteiger charge is -2.40. The Balaban J connectivity index is 1.58. The molecule has 1 aromatic carbocycles. The summed E-state index contributed by atoms with van der Waals surface area (Å²) in [6.45, 7) is 11.3. The minimum absolute atomic E-state index is 0.0960. The third-order valence-corrected chi connectivity index (χ3v) is 9.71. The fraction of sp³-hybridized carbons (Fsp3) is 0.571. The van der Waals surface area contributed by atoms with Gasteiger partial charge in [-0.3, -0.25) is 4.79 Å². The number of hydrogen-bond acceptors (Lipinski definition) is 5. The molecule has 0 N–H and O–H groups in total. The normalized spacial score (nSPS) is 21.9. The minimum atomic E-state index is -3.87. The van der Waals surface area contributed by atoms with E-state index in [1.54, 1.807) is 13.0 Å². The first-order valence-electron chi connectivity index (χ1n) is 13.2. The van der Waals surface area contributed by atoms with E-state index in [2.05, 4.69) is 31.1 Å². The highest BCUT2D eigenvalue weighted by molar-refractivity contribution is 7.89. The van der Waals surface area contributed by atoms with Crippen molar-refractivity contribution in [2.45, 2.75) is 84.1 Å². The lowest BCUT2D eigenvalue weighted by atomic mass is 9.93. The van der Waals surface area contributed by atoms with E-state index in [-0.39, 0.29) is 35.1 Å². The molecule has 0 spiro atoms. The molecule has 0 saturated carbocycles. The van der Waals surface area contributed by atoms with Crippen LogP contribution in [-0.2, 0) is 14.8 Å². The highest BCUT2D eigenvalue weighted by Crippen LogP contribution is 2.31. The molecule has 0 bridgehead atoms. The third-order valence-electron chi connectivity index (χ3n) is 7.69. The van der Waals surface area contributed by atoms with E-state index in [0.717, 1.165) is 55.3 Å². The molecule has 8 heteroatoms. The van der Waals surface area contributed by atoms with Crippen molar-refractivity contribution in [3.8, 4) is 0 Å². The topological polar surface area (TPSA) is 83.7 Å². The molecule has 36 heavy (non-hydrogen) atoms. The lowest BCUT2D eigenvalue weighted by molar-refractivity contribution is -0.140. The predicted molar refractivity (Wildman–Crippen MR) is 142 cm³/mol. The number of nitrogens with zero attached hydrogens (tertiary/aromatic N) is 3. The largest absolute Gasteiger partial charge is 0.355 e. The SMILES string of the molecule is CCC1CCCCN1C(=O)C1CCCN(S(=O)(=O)c2c(C)noc2C=Cc2c(C)cc(C)cc2C)C1. The molecule has 0 aliphatic carbocycles. The average Bonchev–Trinajstić information content (AvgIpc) is 3.24. The standard InChI is InChI=1S/C28H39N3O4S/c1-6-24-11-7-8-15-31(24)28(32)23-10-9-14-30(18-23)36(33,34)27-22(5)29-35-26(27)13-12-25-20(3)16-19(2)17-21(25)4/h12-13,16-17,23-24H,6-11,14-15,18H2,1-5H3. The Kier molecular flexibility index (Phi) is 8.05. The fourth-order valence-electron chi connectivity index (χ4n) is 5.85. The van der Waals surface area contributed by atoms with E-state index in [1.165, 1.54) is 9.87 Å². The van der Waals surface area contributed by atoms with Crippen molar-refractivity contribution in [1.29, 1.82) is 0 Å². The Hall–Kier alpha value is -2.45. The molecule has 2 aliphatic rings. The minimum Gasteiger partial charge on any atom is -0.355 e. The second-order valence-electron chi connectivity index (χ2n) is 10.4. The van der Waals surface area contributed by atoms with E-state index in [4.69, 9.17) is 4.52 Å². The monoisotopic (exact) mass is 513 g/mol. The molecule has 7 nitrogen and oxygen atoms in total. The second kappa shape index (κ2) is 10.9. The van der Waals surface area contributed by atoms with Crippen molar-refractivity contribution in [3.63, 3.8) is 0 Å². The summed E-state index contributed by atoms with van der Waals surface area (Å²) in [6, 6.07) is 4.47. The van der Waals surface area contributed by atoms with Gasteiger partial charge in [-0.05, 0) is 89.0 Å². The van der Waals surface area contributed by atoms with Gasteiger partial charge in [-0.15, -0.1) is 0 Å². The smallest absolute Gasteiger partial charge is 0.248 e. The Bertz CT molecular complexity index is 1220. The van der Waals surface area contributed by atoms with Crippen LogP contribution in [0, 0.1) is 33.6 Å². The maximum absolute atomic E-state index is 13.8. The summed E-state index contributed by atoms with van der Waals surface area (Å²) in [5, 5.41) is 3.99. The molecule has 1 amide bonds. The molecule has 1 aromatic heterocycles. The highest BCUT2D eigenvalue weighted by Gasteiger charge is 2.39. The van der Waals surface area contributed by atoms with Gasteiger partial charge in [0.15, 0.2) is 10.7 Å². The van der Waals surface area contributed by atoms with Crippen molar-refractivity contribution >= 4 is 28.1 Å². The molecule has 2 fully saturated rings. The summed E-state index contributed by atoms with van der Waals surface area (Å²) in [4.78, 5) is 15.5. The number of piperidine rings is 2. The first-order valence-corrected chi connectivity index (χ1v) is 14.6. The Labute approximate surface area is 215 Å². The van der Waals surface area contributed by atoms with Crippen LogP contribution in [0.15, 0.2) is 21.6 Å². The van der Waals surface area contributed by atoms with Crippen molar-refractivity contribution in [1.82, 2.24) is 14.4 Å². The number of aromatic nitrogens is 1. The third kappa shape index (κ3) is 5.30. The number of rotatable bonds is 6. The van der Waals surface area contributed by atoms with E-state index in [1.807, 2.05) is 24.8 Å². The van der Waals surface area contributed by atoms with Gasteiger partial charge < -0.3 is 9.42 Å². The Morgan fingerprint density at radius 3 is 2.47 bits per heavy atom. The summed E-state index contributed by atoms with van der Waals surface area (Å²) in [6.07, 6.45) is 9.13. The summed E-state index contributed by atoms with van der Waals surface area (Å²) in [7, 11) is -3.87. The number of carbonyl (C=O) groups is 1. The quantitative estimate of drug-likeness (QED) is 0.525. The van der Waals surface area contributed by atoms with Crippen LogP contribution in [0.4, 0.5) is 0 Å². The number of benzene rings is 1. The number of hydrogen-bond donors (Lipinski definition) is 0. The van der Waals surface area contributed by atoms with Gasteiger partial charge in [0.25, 0.3) is 0 Å². The molecule has 2 atom stereocenters. The summed E-state index contributed by atoms with van der Waals surface area (Å²) in [5.41, 5.74) is 4.79. The van der Waals surface area contributed by atoms with E-state index in [9.17, 15) is 13.2 Å². The predicted octanol–water partition coefficient (Wildman–Crippen LogP) is 5.27. The van der Waals surface area contributed by atoms with Crippen molar-refractivity contribution in [2.24, 2.45) is 5.92 Å². The van der Waals surface area contributed by atoms with Gasteiger partial charge in [0.2, 0.25) is 15.9 Å². The van der Waals surface area contributed by atoms with Crippen molar-refractivity contribution in [2.75, 3.05) is 19.6 Å². The molecule has 2 aromatic rings. The molecule has 0 radical (unpaired) electrons. The average molecular weight is 514 g/mol. The van der Waals surface area contributed by atoms with Crippen LogP contribution < -0.4 is 0 Å². The van der Waals surface area contributed by atoms with Crippen LogP contribution in [0.1, 0.15) is 79.2 Å². The van der Waals surface area contributed by atoms with E-state index >= 15 is 0 Å². The van der Waals surface area contributed by atoms with Crippen LogP contribution in [0.3, 0.4) is 0 Å². The zero-order valence-electron chi connectivity index (χ0n) is 22.2. The lowest BCUT2D eigenvalue weighted by Crippen LogP contribution is -2.51. The van der Waals surface area contributed by atoms with Crippen LogP contribution >= 0.6 is 0 Å². The molecular formula is C28H39N3O4S. The molecule has 2 unspecified atom stereocenters. The van der Waals surface area contributed by atoms with Gasteiger partial charge in [0.05, 0.1) is 5.92 Å². The fourth-order valence-corrected chi connectivity index (χ4v) is 7.63. The number of sulfonamides is 1. The Morgan fingerprint density at radius 2 is 1.78 bits per heavy atom. The number of amides is 1. The first kappa shape index (κ1) is 26.6. The maximum Gasteiger partial charge on any atom is 0.248 e. The van der Waals surface area contributed by atoms with Crippen LogP contribution in [0.2, 0.25) is 0 Å².